The molecule has 0 saturated carbocycles. The topological polar surface area (TPSA) is 79.8 Å². The molecule has 6 nitrogen and oxygen atoms in total. The molecule has 2 N–H and O–H groups in total. The van der Waals surface area contributed by atoms with Crippen LogP contribution in [-0.4, -0.2) is 41.5 Å². The number of carbonyl (C=O) groups is 2. The van der Waals surface area contributed by atoms with Crippen molar-refractivity contribution in [2.75, 3.05) is 18.5 Å². The molecule has 2 atom stereocenters. The highest BCUT2D eigenvalue weighted by Gasteiger charge is 2.32. The quantitative estimate of drug-likeness (QED) is 0.832. The second-order valence-electron chi connectivity index (χ2n) is 6.66. The summed E-state index contributed by atoms with van der Waals surface area (Å²) in [7, 11) is 0. The Bertz CT molecular complexity index is 888. The van der Waals surface area contributed by atoms with Crippen molar-refractivity contribution in [1.29, 1.82) is 0 Å². The fourth-order valence-corrected chi connectivity index (χ4v) is 4.27. The zero-order valence-electron chi connectivity index (χ0n) is 14.8. The molecule has 2 aromatic carbocycles. The molecule has 0 radical (unpaired) electrons. The zero-order chi connectivity index (χ0) is 18.6. The average molecular weight is 383 g/mol. The van der Waals surface area contributed by atoms with Gasteiger partial charge in [-0.15, -0.1) is 0 Å². The summed E-state index contributed by atoms with van der Waals surface area (Å²) in [5, 5.41) is 7.87. The van der Waals surface area contributed by atoms with Crippen LogP contribution in [0.2, 0.25) is 0 Å². The summed E-state index contributed by atoms with van der Waals surface area (Å²) in [4.78, 5) is 29.1. The predicted molar refractivity (Wildman–Crippen MR) is 108 cm³/mol. The molecule has 0 spiro atoms. The number of ether oxygens (including phenoxy) is 1. The summed E-state index contributed by atoms with van der Waals surface area (Å²) in [6, 6.07) is 13.7. The number of hydrogen-bond donors (Lipinski definition) is 2. The van der Waals surface area contributed by atoms with Gasteiger partial charge in [0.1, 0.15) is 5.25 Å². The number of nitrogens with zero attached hydrogens (tertiary/aromatic N) is 1. The van der Waals surface area contributed by atoms with Gasteiger partial charge in [0.15, 0.2) is 5.17 Å². The molecule has 140 valence electrons. The van der Waals surface area contributed by atoms with E-state index in [9.17, 15) is 9.59 Å². The van der Waals surface area contributed by atoms with E-state index in [1.165, 1.54) is 11.8 Å². The molecule has 2 saturated heterocycles. The first kappa shape index (κ1) is 18.0. The number of anilines is 1. The number of benzene rings is 2. The van der Waals surface area contributed by atoms with E-state index >= 15 is 0 Å². The van der Waals surface area contributed by atoms with Gasteiger partial charge in [0.2, 0.25) is 11.8 Å². The van der Waals surface area contributed by atoms with Gasteiger partial charge in [-0.25, -0.2) is 0 Å². The monoisotopic (exact) mass is 383 g/mol. The van der Waals surface area contributed by atoms with Crippen molar-refractivity contribution >= 4 is 45.2 Å². The van der Waals surface area contributed by atoms with Crippen LogP contribution in [0.4, 0.5) is 5.69 Å². The van der Waals surface area contributed by atoms with Gasteiger partial charge >= 0.3 is 0 Å². The highest BCUT2D eigenvalue weighted by atomic mass is 32.2. The zero-order valence-corrected chi connectivity index (χ0v) is 15.6. The molecule has 4 rings (SSSR count). The highest BCUT2D eigenvalue weighted by molar-refractivity contribution is 8.15. The van der Waals surface area contributed by atoms with Crippen molar-refractivity contribution in [3.05, 3.63) is 42.5 Å². The third-order valence-electron chi connectivity index (χ3n) is 4.67. The number of nitrogens with one attached hydrogen (secondary N) is 2. The molecule has 0 aromatic heterocycles. The predicted octanol–water partition coefficient (Wildman–Crippen LogP) is 2.94. The number of carbonyl (C=O) groups excluding carboxylic acids is 2. The summed E-state index contributed by atoms with van der Waals surface area (Å²) in [6.45, 7) is 1.34. The fraction of sp³-hybridized carbons (Fsp3) is 0.350. The van der Waals surface area contributed by atoms with Crippen molar-refractivity contribution in [1.82, 2.24) is 5.32 Å². The van der Waals surface area contributed by atoms with E-state index in [1.54, 1.807) is 0 Å². The van der Waals surface area contributed by atoms with Gasteiger partial charge in [0.25, 0.3) is 0 Å². The number of rotatable bonds is 5. The Kier molecular flexibility index (Phi) is 5.40. The van der Waals surface area contributed by atoms with Crippen molar-refractivity contribution in [3.63, 3.8) is 0 Å². The first-order chi connectivity index (χ1) is 13.2. The van der Waals surface area contributed by atoms with Gasteiger partial charge in [-0.3, -0.25) is 14.6 Å². The third-order valence-corrected chi connectivity index (χ3v) is 5.79. The second kappa shape index (κ2) is 8.10. The number of amidine groups is 1. The molecular formula is C20H21N3O3S. The summed E-state index contributed by atoms with van der Waals surface area (Å²) >= 11 is 1.32. The number of aliphatic imine (C=N–C) groups is 1. The Labute approximate surface area is 161 Å². The largest absolute Gasteiger partial charge is 0.376 e. The van der Waals surface area contributed by atoms with Crippen LogP contribution in [0.1, 0.15) is 19.3 Å². The lowest BCUT2D eigenvalue weighted by atomic mass is 10.1. The Morgan fingerprint density at radius 1 is 1.26 bits per heavy atom. The molecular weight excluding hydrogens is 362 g/mol. The van der Waals surface area contributed by atoms with Crippen molar-refractivity contribution in [3.8, 4) is 0 Å². The molecule has 0 bridgehead atoms. The minimum absolute atomic E-state index is 0.110. The average Bonchev–Trinajstić information content (AvgIpc) is 3.30. The minimum Gasteiger partial charge on any atom is -0.376 e. The second-order valence-corrected chi connectivity index (χ2v) is 7.85. The van der Waals surface area contributed by atoms with Crippen LogP contribution in [0.5, 0.6) is 0 Å². The van der Waals surface area contributed by atoms with Crippen LogP contribution >= 0.6 is 11.8 Å². The van der Waals surface area contributed by atoms with Gasteiger partial charge in [0.05, 0.1) is 12.6 Å². The van der Waals surface area contributed by atoms with Crippen molar-refractivity contribution in [2.24, 2.45) is 4.99 Å². The van der Waals surface area contributed by atoms with E-state index in [0.29, 0.717) is 11.7 Å². The fourth-order valence-electron chi connectivity index (χ4n) is 3.29. The molecule has 2 aliphatic rings. The summed E-state index contributed by atoms with van der Waals surface area (Å²) < 4.78 is 5.54. The van der Waals surface area contributed by atoms with E-state index in [0.717, 1.165) is 35.9 Å². The normalized spacial score (nSPS) is 23.7. The van der Waals surface area contributed by atoms with Gasteiger partial charge < -0.3 is 15.4 Å². The summed E-state index contributed by atoms with van der Waals surface area (Å²) in [5.74, 6) is -0.349. The molecule has 2 heterocycles. The first-order valence-corrected chi connectivity index (χ1v) is 9.98. The Morgan fingerprint density at radius 2 is 2.11 bits per heavy atom. The lowest BCUT2D eigenvalue weighted by Gasteiger charge is -2.10. The van der Waals surface area contributed by atoms with E-state index in [1.807, 2.05) is 42.5 Å². The lowest BCUT2D eigenvalue weighted by Crippen LogP contribution is -2.28. The van der Waals surface area contributed by atoms with Gasteiger partial charge in [-0.05, 0) is 24.3 Å². The van der Waals surface area contributed by atoms with Crippen LogP contribution < -0.4 is 10.6 Å². The number of hydrogen-bond acceptors (Lipinski definition) is 5. The molecule has 7 heteroatoms. The van der Waals surface area contributed by atoms with Crippen LogP contribution in [-0.2, 0) is 14.3 Å². The third kappa shape index (κ3) is 4.31. The first-order valence-electron chi connectivity index (χ1n) is 9.10. The number of fused-ring (bicyclic) bond motifs is 1. The van der Waals surface area contributed by atoms with Crippen LogP contribution in [0.3, 0.4) is 0 Å². The molecule has 2 fully saturated rings. The Balaban J connectivity index is 1.36. The van der Waals surface area contributed by atoms with Crippen LogP contribution in [0.15, 0.2) is 47.5 Å². The van der Waals surface area contributed by atoms with E-state index in [2.05, 4.69) is 15.6 Å². The van der Waals surface area contributed by atoms with Gasteiger partial charge in [-0.2, -0.15) is 0 Å². The molecule has 2 aliphatic heterocycles. The summed E-state index contributed by atoms with van der Waals surface area (Å²) in [5.41, 5.74) is 0.758. The van der Waals surface area contributed by atoms with Gasteiger partial charge in [0, 0.05) is 24.1 Å². The smallest absolute Gasteiger partial charge is 0.240 e. The Morgan fingerprint density at radius 3 is 2.96 bits per heavy atom. The van der Waals surface area contributed by atoms with E-state index in [-0.39, 0.29) is 24.3 Å². The molecule has 2 amide bonds. The van der Waals surface area contributed by atoms with Gasteiger partial charge in [-0.1, -0.05) is 48.2 Å². The molecule has 0 unspecified atom stereocenters. The molecule has 2 aromatic rings. The lowest BCUT2D eigenvalue weighted by molar-refractivity contribution is -0.122. The maximum Gasteiger partial charge on any atom is 0.240 e. The minimum atomic E-state index is -0.455. The summed E-state index contributed by atoms with van der Waals surface area (Å²) in [6.07, 6.45) is 2.32. The highest BCUT2D eigenvalue weighted by Crippen LogP contribution is 2.26. The Hall–Kier alpha value is -2.38. The molecule has 0 aliphatic carbocycles. The maximum atomic E-state index is 12.5. The van der Waals surface area contributed by atoms with Crippen molar-refractivity contribution < 1.29 is 14.3 Å². The van der Waals surface area contributed by atoms with Crippen LogP contribution in [0, 0.1) is 0 Å². The van der Waals surface area contributed by atoms with Crippen molar-refractivity contribution in [2.45, 2.75) is 30.6 Å². The maximum absolute atomic E-state index is 12.5. The number of thioether (sulfide) groups is 1. The van der Waals surface area contributed by atoms with Crippen LogP contribution in [0.25, 0.3) is 10.8 Å². The standard InChI is InChI=1S/C20H21N3O3S/c24-18(22-16-9-3-6-13-5-1-2-8-15(13)16)11-17-19(25)23-20(27-17)21-12-14-7-4-10-26-14/h1-3,5-6,8-9,14,17H,4,7,10-12H2,(H,22,24)(H,21,23,25)/t14-,17+/m1/s1. The van der Waals surface area contributed by atoms with E-state index in [4.69, 9.17) is 4.74 Å². The SMILES string of the molecule is O=C(C[C@@H]1SC(=NC[C@H]2CCCO2)NC1=O)Nc1cccc2ccccc12. The number of amides is 2. The van der Waals surface area contributed by atoms with E-state index < -0.39 is 5.25 Å². The molecule has 27 heavy (non-hydrogen) atoms.